The first-order valence-corrected chi connectivity index (χ1v) is 12.4. The first kappa shape index (κ1) is 25.0. The second-order valence-corrected chi connectivity index (χ2v) is 10.1. The lowest BCUT2D eigenvalue weighted by atomic mass is 9.90. The summed E-state index contributed by atoms with van der Waals surface area (Å²) >= 11 is 12.6. The molecular weight excluding hydrogens is 477 g/mol. The zero-order valence-corrected chi connectivity index (χ0v) is 21.8. The molecule has 2 N–H and O–H groups in total. The van der Waals surface area contributed by atoms with Crippen molar-refractivity contribution in [3.8, 4) is 0 Å². The van der Waals surface area contributed by atoms with E-state index in [1.54, 1.807) is 11.0 Å². The molecule has 3 aromatic carbocycles. The Bertz CT molecular complexity index is 1310. The molecule has 1 fully saturated rings. The normalized spacial score (nSPS) is 17.3. The Morgan fingerprint density at radius 1 is 0.971 bits per heavy atom. The Labute approximate surface area is 217 Å². The molecule has 0 saturated carbocycles. The first-order chi connectivity index (χ1) is 16.7. The van der Waals surface area contributed by atoms with Gasteiger partial charge in [-0.2, -0.15) is 0 Å². The Hall–Kier alpha value is -3.08. The number of halogens is 2. The van der Waals surface area contributed by atoms with Crippen LogP contribution in [0, 0.1) is 25.2 Å². The van der Waals surface area contributed by atoms with Crippen molar-refractivity contribution in [1.29, 1.82) is 5.41 Å². The molecular formula is C29H29Cl2N3O. The van der Waals surface area contributed by atoms with Gasteiger partial charge in [-0.25, -0.2) is 0 Å². The summed E-state index contributed by atoms with van der Waals surface area (Å²) in [4.78, 5) is 15.4. The van der Waals surface area contributed by atoms with Gasteiger partial charge in [0.1, 0.15) is 5.71 Å². The summed E-state index contributed by atoms with van der Waals surface area (Å²) < 4.78 is 0. The van der Waals surface area contributed by atoms with Crippen molar-refractivity contribution in [2.75, 3.05) is 4.90 Å². The third-order valence-electron chi connectivity index (χ3n) is 6.38. The van der Waals surface area contributed by atoms with Crippen LogP contribution in [0.5, 0.6) is 0 Å². The molecule has 1 amide bonds. The Morgan fingerprint density at radius 3 is 2.29 bits per heavy atom. The molecule has 0 aromatic heterocycles. The van der Waals surface area contributed by atoms with Gasteiger partial charge < -0.3 is 5.32 Å². The zero-order valence-electron chi connectivity index (χ0n) is 20.3. The highest BCUT2D eigenvalue weighted by Gasteiger charge is 2.45. The molecule has 0 bridgehead atoms. The fourth-order valence-corrected chi connectivity index (χ4v) is 5.03. The van der Waals surface area contributed by atoms with Gasteiger partial charge in [-0.3, -0.25) is 15.1 Å². The standard InChI is InChI=1S/C29H29Cl2N3O/c1-17(2)27(33-16-20-8-6-5-7-9-20)25-26(32)29(35)34(24-15-22(31)11-10-18(24)3)28(25)23-13-12-21(30)14-19(23)4/h5-15,17,28,32-33H,16H2,1-4H3/b27-25+,32-26?. The highest BCUT2D eigenvalue weighted by Crippen LogP contribution is 2.44. The largest absolute Gasteiger partial charge is 0.384 e. The van der Waals surface area contributed by atoms with Crippen LogP contribution in [0.4, 0.5) is 5.69 Å². The van der Waals surface area contributed by atoms with E-state index >= 15 is 0 Å². The molecule has 1 saturated heterocycles. The van der Waals surface area contributed by atoms with Gasteiger partial charge in [-0.05, 0) is 66.3 Å². The number of nitrogens with one attached hydrogen (secondary N) is 2. The van der Waals surface area contributed by atoms with E-state index in [9.17, 15) is 4.79 Å². The summed E-state index contributed by atoms with van der Waals surface area (Å²) in [5, 5.41) is 13.7. The van der Waals surface area contributed by atoms with Gasteiger partial charge >= 0.3 is 0 Å². The lowest BCUT2D eigenvalue weighted by Gasteiger charge is -2.30. The predicted octanol–water partition coefficient (Wildman–Crippen LogP) is 7.42. The first-order valence-electron chi connectivity index (χ1n) is 11.7. The molecule has 1 aliphatic rings. The third-order valence-corrected chi connectivity index (χ3v) is 6.85. The molecule has 1 atom stereocenters. The number of hydrogen-bond acceptors (Lipinski definition) is 3. The number of carbonyl (C=O) groups excluding carboxylic acids is 1. The van der Waals surface area contributed by atoms with E-state index in [0.29, 0.717) is 27.9 Å². The van der Waals surface area contributed by atoms with Crippen molar-refractivity contribution in [3.05, 3.63) is 110 Å². The molecule has 4 rings (SSSR count). The molecule has 35 heavy (non-hydrogen) atoms. The molecule has 3 aromatic rings. The number of rotatable bonds is 6. The van der Waals surface area contributed by atoms with Crippen molar-refractivity contribution < 1.29 is 4.79 Å². The monoisotopic (exact) mass is 505 g/mol. The van der Waals surface area contributed by atoms with Crippen LogP contribution in [-0.2, 0) is 11.3 Å². The van der Waals surface area contributed by atoms with Gasteiger partial charge in [-0.1, -0.05) is 79.5 Å². The van der Waals surface area contributed by atoms with E-state index < -0.39 is 6.04 Å². The summed E-state index contributed by atoms with van der Waals surface area (Å²) in [6.07, 6.45) is 0. The molecule has 1 heterocycles. The van der Waals surface area contributed by atoms with Crippen LogP contribution in [-0.4, -0.2) is 11.6 Å². The number of nitrogens with zero attached hydrogens (tertiary/aromatic N) is 1. The number of aryl methyl sites for hydroxylation is 2. The van der Waals surface area contributed by atoms with Crippen molar-refractivity contribution in [1.82, 2.24) is 5.32 Å². The Balaban J connectivity index is 1.93. The molecule has 0 aliphatic carbocycles. The van der Waals surface area contributed by atoms with Gasteiger partial charge in [0, 0.05) is 33.5 Å². The van der Waals surface area contributed by atoms with Crippen LogP contribution in [0.2, 0.25) is 10.0 Å². The van der Waals surface area contributed by atoms with Gasteiger partial charge in [-0.15, -0.1) is 0 Å². The summed E-state index contributed by atoms with van der Waals surface area (Å²) in [7, 11) is 0. The Kier molecular flexibility index (Phi) is 7.34. The molecule has 180 valence electrons. The van der Waals surface area contributed by atoms with E-state index in [4.69, 9.17) is 28.6 Å². The van der Waals surface area contributed by atoms with Crippen LogP contribution < -0.4 is 10.2 Å². The van der Waals surface area contributed by atoms with E-state index in [1.807, 2.05) is 62.4 Å². The van der Waals surface area contributed by atoms with Gasteiger partial charge in [0.25, 0.3) is 5.91 Å². The van der Waals surface area contributed by atoms with Crippen LogP contribution in [0.15, 0.2) is 78.0 Å². The third kappa shape index (κ3) is 5.00. The SMILES string of the molecule is Cc1cc(Cl)ccc1C1/C(=C(/NCc2ccccc2)C(C)C)C(=N)C(=O)N1c1cc(Cl)ccc1C. The summed E-state index contributed by atoms with van der Waals surface area (Å²) in [6, 6.07) is 20.8. The quantitative estimate of drug-likeness (QED) is 0.366. The molecule has 1 unspecified atom stereocenters. The maximum absolute atomic E-state index is 13.7. The lowest BCUT2D eigenvalue weighted by Crippen LogP contribution is -2.30. The molecule has 0 spiro atoms. The lowest BCUT2D eigenvalue weighted by molar-refractivity contribution is -0.112. The predicted molar refractivity (Wildman–Crippen MR) is 145 cm³/mol. The highest BCUT2D eigenvalue weighted by molar-refractivity contribution is 6.52. The van der Waals surface area contributed by atoms with Gasteiger partial charge in [0.05, 0.1) is 6.04 Å². The summed E-state index contributed by atoms with van der Waals surface area (Å²) in [6.45, 7) is 8.70. The molecule has 1 aliphatic heterocycles. The van der Waals surface area contributed by atoms with E-state index in [1.165, 1.54) is 0 Å². The number of amides is 1. The van der Waals surface area contributed by atoms with E-state index in [2.05, 4.69) is 31.3 Å². The van der Waals surface area contributed by atoms with Crippen molar-refractivity contribution in [2.24, 2.45) is 5.92 Å². The minimum absolute atomic E-state index is 0.00649. The van der Waals surface area contributed by atoms with Crippen LogP contribution >= 0.6 is 23.2 Å². The number of benzene rings is 3. The minimum Gasteiger partial charge on any atom is -0.384 e. The topological polar surface area (TPSA) is 56.2 Å². The van der Waals surface area contributed by atoms with Crippen LogP contribution in [0.3, 0.4) is 0 Å². The van der Waals surface area contributed by atoms with Crippen molar-refractivity contribution >= 4 is 40.5 Å². The summed E-state index contributed by atoms with van der Waals surface area (Å²) in [5.41, 5.74) is 6.19. The molecule has 0 radical (unpaired) electrons. The van der Waals surface area contributed by atoms with Crippen LogP contribution in [0.25, 0.3) is 0 Å². The highest BCUT2D eigenvalue weighted by atomic mass is 35.5. The fraction of sp³-hybridized carbons (Fsp3) is 0.241. The Morgan fingerprint density at radius 2 is 1.63 bits per heavy atom. The number of anilines is 1. The molecule has 4 nitrogen and oxygen atoms in total. The van der Waals surface area contributed by atoms with Gasteiger partial charge in [0.2, 0.25) is 0 Å². The fourth-order valence-electron chi connectivity index (χ4n) is 4.64. The maximum Gasteiger partial charge on any atom is 0.277 e. The average molecular weight is 506 g/mol. The number of allylic oxidation sites excluding steroid dienone is 1. The minimum atomic E-state index is -0.481. The zero-order chi connectivity index (χ0) is 25.3. The molecule has 6 heteroatoms. The van der Waals surface area contributed by atoms with E-state index in [-0.39, 0.29) is 17.5 Å². The number of carbonyl (C=O) groups is 1. The van der Waals surface area contributed by atoms with E-state index in [0.717, 1.165) is 28.0 Å². The second kappa shape index (κ2) is 10.3. The summed E-state index contributed by atoms with van der Waals surface area (Å²) in [5.74, 6) is -0.276. The van der Waals surface area contributed by atoms with Crippen molar-refractivity contribution in [2.45, 2.75) is 40.3 Å². The average Bonchev–Trinajstić information content (AvgIpc) is 3.06. The second-order valence-electron chi connectivity index (χ2n) is 9.21. The smallest absolute Gasteiger partial charge is 0.277 e. The van der Waals surface area contributed by atoms with Crippen LogP contribution in [0.1, 0.15) is 42.1 Å². The maximum atomic E-state index is 13.7. The van der Waals surface area contributed by atoms with Gasteiger partial charge in [0.15, 0.2) is 0 Å². The number of hydrogen-bond donors (Lipinski definition) is 2. The van der Waals surface area contributed by atoms with Crippen molar-refractivity contribution in [3.63, 3.8) is 0 Å².